The SMILES string of the molecule is COc1ccc(N2CCN(C(=O)c3cc(=O)[nH][nH]3)CC2)cc1. The molecule has 0 unspecified atom stereocenters. The van der Waals surface area contributed by atoms with Gasteiger partial charge in [-0.15, -0.1) is 0 Å². The molecule has 1 aromatic heterocycles. The third-order valence-electron chi connectivity index (χ3n) is 3.83. The maximum absolute atomic E-state index is 12.2. The molecule has 1 fully saturated rings. The average molecular weight is 302 g/mol. The molecule has 0 bridgehead atoms. The van der Waals surface area contributed by atoms with Crippen LogP contribution in [0.25, 0.3) is 0 Å². The van der Waals surface area contributed by atoms with Crippen LogP contribution in [-0.4, -0.2) is 54.3 Å². The number of H-pyrrole nitrogens is 2. The molecule has 1 amide bonds. The highest BCUT2D eigenvalue weighted by Gasteiger charge is 2.23. The van der Waals surface area contributed by atoms with Crippen LogP contribution in [0, 0.1) is 0 Å². The zero-order valence-corrected chi connectivity index (χ0v) is 12.3. The minimum atomic E-state index is -0.291. The van der Waals surface area contributed by atoms with Crippen LogP contribution < -0.4 is 15.2 Å². The number of amides is 1. The van der Waals surface area contributed by atoms with Gasteiger partial charge in [0, 0.05) is 37.9 Å². The van der Waals surface area contributed by atoms with Gasteiger partial charge in [-0.25, -0.2) is 0 Å². The minimum Gasteiger partial charge on any atom is -0.497 e. The van der Waals surface area contributed by atoms with E-state index in [1.54, 1.807) is 12.0 Å². The predicted octanol–water partition coefficient (Wildman–Crippen LogP) is 0.674. The summed E-state index contributed by atoms with van der Waals surface area (Å²) < 4.78 is 5.15. The van der Waals surface area contributed by atoms with Gasteiger partial charge in [0.2, 0.25) is 0 Å². The van der Waals surface area contributed by atoms with Gasteiger partial charge < -0.3 is 14.5 Å². The standard InChI is InChI=1S/C15H18N4O3/c1-22-12-4-2-11(3-5-12)18-6-8-19(9-7-18)15(21)13-10-14(20)17-16-13/h2-5,10H,6-9H2,1H3,(H2,16,17,20). The molecule has 1 aliphatic rings. The van der Waals surface area contributed by atoms with Crippen LogP contribution in [0.5, 0.6) is 5.75 Å². The van der Waals surface area contributed by atoms with E-state index in [2.05, 4.69) is 15.1 Å². The summed E-state index contributed by atoms with van der Waals surface area (Å²) >= 11 is 0. The van der Waals surface area contributed by atoms with Gasteiger partial charge in [0.25, 0.3) is 11.5 Å². The number of carbonyl (C=O) groups is 1. The average Bonchev–Trinajstić information content (AvgIpc) is 3.01. The van der Waals surface area contributed by atoms with Gasteiger partial charge in [0.1, 0.15) is 11.4 Å². The number of methoxy groups -OCH3 is 1. The molecule has 2 aromatic rings. The molecule has 7 heteroatoms. The number of ether oxygens (including phenoxy) is 1. The first-order valence-corrected chi connectivity index (χ1v) is 7.13. The Hall–Kier alpha value is -2.70. The number of hydrogen-bond donors (Lipinski definition) is 2. The molecule has 3 rings (SSSR count). The van der Waals surface area contributed by atoms with E-state index in [9.17, 15) is 9.59 Å². The van der Waals surface area contributed by atoms with Crippen LogP contribution in [0.4, 0.5) is 5.69 Å². The molecule has 1 aliphatic heterocycles. The van der Waals surface area contributed by atoms with Gasteiger partial charge in [0.05, 0.1) is 7.11 Å². The van der Waals surface area contributed by atoms with Crippen molar-refractivity contribution in [2.45, 2.75) is 0 Å². The van der Waals surface area contributed by atoms with Gasteiger partial charge in [-0.3, -0.25) is 19.8 Å². The number of nitrogens with zero attached hydrogens (tertiary/aromatic N) is 2. The zero-order valence-electron chi connectivity index (χ0n) is 12.3. The summed E-state index contributed by atoms with van der Waals surface area (Å²) in [4.78, 5) is 27.3. The summed E-state index contributed by atoms with van der Waals surface area (Å²) in [5.41, 5.74) is 1.13. The lowest BCUT2D eigenvalue weighted by Gasteiger charge is -2.35. The summed E-state index contributed by atoms with van der Waals surface area (Å²) in [6.45, 7) is 2.76. The first-order valence-electron chi connectivity index (χ1n) is 7.13. The molecule has 0 atom stereocenters. The Balaban J connectivity index is 1.62. The minimum absolute atomic E-state index is 0.146. The Morgan fingerprint density at radius 2 is 1.77 bits per heavy atom. The maximum Gasteiger partial charge on any atom is 0.272 e. The van der Waals surface area contributed by atoms with Crippen molar-refractivity contribution in [1.82, 2.24) is 15.1 Å². The van der Waals surface area contributed by atoms with E-state index >= 15 is 0 Å². The largest absolute Gasteiger partial charge is 0.497 e. The van der Waals surface area contributed by atoms with Crippen molar-refractivity contribution in [2.24, 2.45) is 0 Å². The van der Waals surface area contributed by atoms with E-state index in [1.165, 1.54) is 6.07 Å². The van der Waals surface area contributed by atoms with Crippen LogP contribution in [0.2, 0.25) is 0 Å². The van der Waals surface area contributed by atoms with Crippen molar-refractivity contribution in [3.63, 3.8) is 0 Å². The molecule has 1 saturated heterocycles. The number of aromatic amines is 2. The van der Waals surface area contributed by atoms with Crippen molar-refractivity contribution >= 4 is 11.6 Å². The maximum atomic E-state index is 12.2. The van der Waals surface area contributed by atoms with Crippen LogP contribution in [0.3, 0.4) is 0 Å². The van der Waals surface area contributed by atoms with Gasteiger partial charge >= 0.3 is 0 Å². The van der Waals surface area contributed by atoms with E-state index < -0.39 is 0 Å². The quantitative estimate of drug-likeness (QED) is 0.873. The predicted molar refractivity (Wildman–Crippen MR) is 82.5 cm³/mol. The fourth-order valence-corrected chi connectivity index (χ4v) is 2.58. The molecule has 116 valence electrons. The number of rotatable bonds is 3. The molecule has 7 nitrogen and oxygen atoms in total. The number of nitrogens with one attached hydrogen (secondary N) is 2. The monoisotopic (exact) mass is 302 g/mol. The highest BCUT2D eigenvalue weighted by molar-refractivity contribution is 5.92. The lowest BCUT2D eigenvalue weighted by molar-refractivity contribution is 0.0741. The summed E-state index contributed by atoms with van der Waals surface area (Å²) in [5.74, 6) is 0.682. The number of aromatic nitrogens is 2. The molecular weight excluding hydrogens is 284 g/mol. The summed E-state index contributed by atoms with van der Waals surface area (Å²) in [5, 5.41) is 4.99. The van der Waals surface area contributed by atoms with Crippen LogP contribution in [0.1, 0.15) is 10.5 Å². The number of benzene rings is 1. The Morgan fingerprint density at radius 1 is 1.09 bits per heavy atom. The number of piperazine rings is 1. The van der Waals surface area contributed by atoms with E-state index in [-0.39, 0.29) is 11.5 Å². The lowest BCUT2D eigenvalue weighted by atomic mass is 10.2. The number of carbonyl (C=O) groups excluding carboxylic acids is 1. The fraction of sp³-hybridized carbons (Fsp3) is 0.333. The Morgan fingerprint density at radius 3 is 2.32 bits per heavy atom. The van der Waals surface area contributed by atoms with E-state index in [0.29, 0.717) is 18.8 Å². The molecular formula is C15H18N4O3. The van der Waals surface area contributed by atoms with Gasteiger partial charge in [-0.1, -0.05) is 0 Å². The molecule has 0 spiro atoms. The third-order valence-corrected chi connectivity index (χ3v) is 3.83. The molecule has 1 aromatic carbocycles. The van der Waals surface area contributed by atoms with E-state index in [0.717, 1.165) is 24.5 Å². The number of hydrogen-bond acceptors (Lipinski definition) is 4. The van der Waals surface area contributed by atoms with Crippen LogP contribution in [0.15, 0.2) is 35.1 Å². The van der Waals surface area contributed by atoms with Gasteiger partial charge in [-0.2, -0.15) is 0 Å². The lowest BCUT2D eigenvalue weighted by Crippen LogP contribution is -2.48. The van der Waals surface area contributed by atoms with Gasteiger partial charge in [0.15, 0.2) is 0 Å². The second-order valence-electron chi connectivity index (χ2n) is 5.15. The Labute approximate surface area is 127 Å². The summed E-state index contributed by atoms with van der Waals surface area (Å²) in [6.07, 6.45) is 0. The molecule has 0 radical (unpaired) electrons. The fourth-order valence-electron chi connectivity index (χ4n) is 2.58. The van der Waals surface area contributed by atoms with Crippen molar-refractivity contribution in [1.29, 1.82) is 0 Å². The highest BCUT2D eigenvalue weighted by Crippen LogP contribution is 2.20. The Kier molecular flexibility index (Phi) is 3.86. The highest BCUT2D eigenvalue weighted by atomic mass is 16.5. The van der Waals surface area contributed by atoms with E-state index in [1.807, 2.05) is 24.3 Å². The van der Waals surface area contributed by atoms with Crippen LogP contribution >= 0.6 is 0 Å². The van der Waals surface area contributed by atoms with Crippen molar-refractivity contribution < 1.29 is 9.53 Å². The normalized spacial score (nSPS) is 15.0. The second-order valence-corrected chi connectivity index (χ2v) is 5.15. The zero-order chi connectivity index (χ0) is 15.5. The second kappa shape index (κ2) is 5.97. The molecule has 0 saturated carbocycles. The van der Waals surface area contributed by atoms with Gasteiger partial charge in [-0.05, 0) is 24.3 Å². The Bertz CT molecular complexity index is 696. The van der Waals surface area contributed by atoms with Crippen molar-refractivity contribution in [2.75, 3.05) is 38.2 Å². The summed E-state index contributed by atoms with van der Waals surface area (Å²) in [6, 6.07) is 9.17. The molecule has 2 heterocycles. The molecule has 0 aliphatic carbocycles. The van der Waals surface area contributed by atoms with E-state index in [4.69, 9.17) is 4.74 Å². The van der Waals surface area contributed by atoms with Crippen molar-refractivity contribution in [3.05, 3.63) is 46.4 Å². The number of anilines is 1. The first-order chi connectivity index (χ1) is 10.7. The van der Waals surface area contributed by atoms with Crippen LogP contribution in [-0.2, 0) is 0 Å². The molecule has 2 N–H and O–H groups in total. The smallest absolute Gasteiger partial charge is 0.272 e. The summed E-state index contributed by atoms with van der Waals surface area (Å²) in [7, 11) is 1.64. The topological polar surface area (TPSA) is 81.4 Å². The third kappa shape index (κ3) is 2.83. The first kappa shape index (κ1) is 14.2. The van der Waals surface area contributed by atoms with Crippen molar-refractivity contribution in [3.8, 4) is 5.75 Å². The molecule has 22 heavy (non-hydrogen) atoms.